The number of benzene rings is 2. The van der Waals surface area contributed by atoms with Gasteiger partial charge in [0.1, 0.15) is 21.6 Å². The van der Waals surface area contributed by atoms with Gasteiger partial charge in [-0.1, -0.05) is 82.8 Å². The fourth-order valence-electron chi connectivity index (χ4n) is 4.62. The minimum atomic E-state index is 0.176. The number of pyridine rings is 2. The zero-order valence-corrected chi connectivity index (χ0v) is 22.4. The van der Waals surface area contributed by atoms with E-state index in [9.17, 15) is 9.59 Å². The summed E-state index contributed by atoms with van der Waals surface area (Å²) < 4.78 is 3.38. The lowest BCUT2D eigenvalue weighted by atomic mass is 9.96. The molecular formula is C29H15Cl4N3O2. The van der Waals surface area contributed by atoms with Crippen LogP contribution in [-0.4, -0.2) is 26.4 Å². The van der Waals surface area contributed by atoms with Crippen molar-refractivity contribution < 1.29 is 9.59 Å². The van der Waals surface area contributed by atoms with Gasteiger partial charge < -0.3 is 4.40 Å². The molecule has 0 unspecified atom stereocenters. The number of rotatable bonds is 5. The Balaban J connectivity index is 1.45. The van der Waals surface area contributed by atoms with Crippen LogP contribution in [0.1, 0.15) is 20.8 Å². The largest absolute Gasteiger partial charge is 0.307 e. The van der Waals surface area contributed by atoms with Gasteiger partial charge in [0.2, 0.25) is 0 Å². The smallest absolute Gasteiger partial charge is 0.171 e. The molecule has 0 bridgehead atoms. The van der Waals surface area contributed by atoms with Crippen LogP contribution in [0.2, 0.25) is 20.4 Å². The molecule has 2 aromatic carbocycles. The SMILES string of the molecule is O=Cc1cc2cc(-c3cccc(-c4cccc(-c5ccn6c(Cl)c(C=O)nc6c5)c4Cl)c3Cl)ccn2c1Cl. The Morgan fingerprint density at radius 1 is 0.632 bits per heavy atom. The van der Waals surface area contributed by atoms with Gasteiger partial charge in [-0.25, -0.2) is 4.98 Å². The average Bonchev–Trinajstić information content (AvgIpc) is 3.43. The Morgan fingerprint density at radius 2 is 1.21 bits per heavy atom. The highest BCUT2D eigenvalue weighted by Crippen LogP contribution is 2.42. The molecule has 38 heavy (non-hydrogen) atoms. The number of imidazole rings is 1. The quantitative estimate of drug-likeness (QED) is 0.192. The minimum Gasteiger partial charge on any atom is -0.307 e. The number of nitrogens with zero attached hydrogens (tertiary/aromatic N) is 3. The fourth-order valence-corrected chi connectivity index (χ4v) is 5.77. The van der Waals surface area contributed by atoms with Gasteiger partial charge in [-0.05, 0) is 41.5 Å². The Labute approximate surface area is 236 Å². The van der Waals surface area contributed by atoms with Crippen LogP contribution >= 0.6 is 46.4 Å². The molecule has 0 amide bonds. The summed E-state index contributed by atoms with van der Waals surface area (Å²) in [5.74, 6) is 0. The molecule has 0 aliphatic rings. The molecule has 0 saturated heterocycles. The lowest BCUT2D eigenvalue weighted by molar-refractivity contribution is 0.111. The first-order chi connectivity index (χ1) is 18.4. The highest BCUT2D eigenvalue weighted by atomic mass is 35.5. The Hall–Kier alpha value is -3.61. The molecule has 0 saturated carbocycles. The highest BCUT2D eigenvalue weighted by molar-refractivity contribution is 6.39. The number of hydrogen-bond donors (Lipinski definition) is 0. The van der Waals surface area contributed by atoms with Gasteiger partial charge in [0.05, 0.1) is 15.6 Å². The van der Waals surface area contributed by atoms with Gasteiger partial charge >= 0.3 is 0 Å². The molecule has 0 atom stereocenters. The predicted octanol–water partition coefficient (Wildman–Crippen LogP) is 8.83. The fraction of sp³-hybridized carbons (Fsp3) is 0. The molecule has 0 spiro atoms. The third-order valence-electron chi connectivity index (χ3n) is 6.48. The van der Waals surface area contributed by atoms with Crippen LogP contribution in [0.5, 0.6) is 0 Å². The van der Waals surface area contributed by atoms with E-state index in [1.54, 1.807) is 21.1 Å². The van der Waals surface area contributed by atoms with Gasteiger partial charge in [0.25, 0.3) is 0 Å². The Kier molecular flexibility index (Phi) is 6.25. The third-order valence-corrected chi connectivity index (χ3v) is 8.07. The predicted molar refractivity (Wildman–Crippen MR) is 153 cm³/mol. The summed E-state index contributed by atoms with van der Waals surface area (Å²) in [4.78, 5) is 26.8. The third kappa shape index (κ3) is 3.91. The Morgan fingerprint density at radius 3 is 1.82 bits per heavy atom. The molecule has 0 fully saturated rings. The van der Waals surface area contributed by atoms with E-state index in [0.29, 0.717) is 32.7 Å². The average molecular weight is 579 g/mol. The van der Waals surface area contributed by atoms with Crippen LogP contribution in [0, 0.1) is 0 Å². The van der Waals surface area contributed by atoms with E-state index in [2.05, 4.69) is 4.98 Å². The van der Waals surface area contributed by atoms with Crippen molar-refractivity contribution in [2.75, 3.05) is 0 Å². The lowest BCUT2D eigenvalue weighted by Gasteiger charge is -2.14. The number of hydrogen-bond acceptors (Lipinski definition) is 3. The maximum absolute atomic E-state index is 11.3. The van der Waals surface area contributed by atoms with Gasteiger partial charge in [-0.2, -0.15) is 0 Å². The lowest BCUT2D eigenvalue weighted by Crippen LogP contribution is -1.91. The van der Waals surface area contributed by atoms with Gasteiger partial charge in [-0.3, -0.25) is 14.0 Å². The molecule has 0 aliphatic heterocycles. The van der Waals surface area contributed by atoms with Crippen molar-refractivity contribution in [3.8, 4) is 33.4 Å². The number of aromatic nitrogens is 3. The normalized spacial score (nSPS) is 11.4. The van der Waals surface area contributed by atoms with E-state index >= 15 is 0 Å². The highest BCUT2D eigenvalue weighted by Gasteiger charge is 2.17. The van der Waals surface area contributed by atoms with Crippen LogP contribution in [-0.2, 0) is 0 Å². The van der Waals surface area contributed by atoms with Crippen molar-refractivity contribution in [3.63, 3.8) is 0 Å². The summed E-state index contributed by atoms with van der Waals surface area (Å²) in [5, 5.41) is 1.68. The van der Waals surface area contributed by atoms with Crippen LogP contribution < -0.4 is 0 Å². The van der Waals surface area contributed by atoms with Crippen molar-refractivity contribution in [2.24, 2.45) is 0 Å². The summed E-state index contributed by atoms with van der Waals surface area (Å²) >= 11 is 26.4. The molecule has 0 radical (unpaired) electrons. The second-order valence-corrected chi connectivity index (χ2v) is 10.1. The van der Waals surface area contributed by atoms with E-state index in [1.807, 2.05) is 66.9 Å². The molecule has 4 aromatic heterocycles. The van der Waals surface area contributed by atoms with E-state index in [4.69, 9.17) is 46.4 Å². The first-order valence-corrected chi connectivity index (χ1v) is 12.9. The van der Waals surface area contributed by atoms with Crippen molar-refractivity contribution in [1.82, 2.24) is 13.8 Å². The first kappa shape index (κ1) is 24.7. The molecule has 0 aliphatic carbocycles. The summed E-state index contributed by atoms with van der Waals surface area (Å²) in [5.41, 5.74) is 6.73. The van der Waals surface area contributed by atoms with Gasteiger partial charge in [-0.15, -0.1) is 0 Å². The molecule has 0 N–H and O–H groups in total. The van der Waals surface area contributed by atoms with Crippen LogP contribution in [0.25, 0.3) is 44.5 Å². The molecule has 6 rings (SSSR count). The maximum Gasteiger partial charge on any atom is 0.171 e. The van der Waals surface area contributed by atoms with E-state index in [1.165, 1.54) is 0 Å². The second kappa shape index (κ2) is 9.61. The number of halogens is 4. The molecule has 9 heteroatoms. The van der Waals surface area contributed by atoms with Gasteiger partial charge in [0, 0.05) is 40.2 Å². The van der Waals surface area contributed by atoms with Crippen LogP contribution in [0.4, 0.5) is 0 Å². The summed E-state index contributed by atoms with van der Waals surface area (Å²) in [7, 11) is 0. The number of carbonyl (C=O) groups excluding carboxylic acids is 2. The molecule has 6 aromatic rings. The monoisotopic (exact) mass is 577 g/mol. The van der Waals surface area contributed by atoms with E-state index < -0.39 is 0 Å². The molecule has 186 valence electrons. The number of fused-ring (bicyclic) bond motifs is 2. The maximum atomic E-state index is 11.3. The van der Waals surface area contributed by atoms with Gasteiger partial charge in [0.15, 0.2) is 12.6 Å². The molecule has 5 nitrogen and oxygen atoms in total. The summed E-state index contributed by atoms with van der Waals surface area (Å²) in [6.45, 7) is 0. The Bertz CT molecular complexity index is 1780. The molecule has 4 heterocycles. The van der Waals surface area contributed by atoms with Crippen LogP contribution in [0.3, 0.4) is 0 Å². The van der Waals surface area contributed by atoms with Crippen molar-refractivity contribution >= 4 is 70.1 Å². The van der Waals surface area contributed by atoms with Crippen molar-refractivity contribution in [1.29, 1.82) is 0 Å². The zero-order valence-electron chi connectivity index (χ0n) is 19.3. The first-order valence-electron chi connectivity index (χ1n) is 11.4. The molecular weight excluding hydrogens is 564 g/mol. The van der Waals surface area contributed by atoms with Crippen molar-refractivity contribution in [2.45, 2.75) is 0 Å². The number of carbonyl (C=O) groups is 2. The summed E-state index contributed by atoms with van der Waals surface area (Å²) in [6, 6.07) is 20.8. The van der Waals surface area contributed by atoms with E-state index in [-0.39, 0.29) is 10.8 Å². The standard InChI is InChI=1S/C29H15Cl4N3O2/c30-26-20(16-7-9-35-19(11-16)12-18(14-37)28(35)32)3-1-5-22(26)23-6-2-4-21(27(23)31)17-8-10-36-25(13-17)34-24(15-38)29(36)33/h1-15H. The van der Waals surface area contributed by atoms with Crippen LogP contribution in [0.15, 0.2) is 79.1 Å². The minimum absolute atomic E-state index is 0.176. The van der Waals surface area contributed by atoms with Crippen molar-refractivity contribution in [3.05, 3.63) is 111 Å². The topological polar surface area (TPSA) is 55.8 Å². The zero-order chi connectivity index (χ0) is 26.6. The van der Waals surface area contributed by atoms with E-state index in [0.717, 1.165) is 45.2 Å². The second-order valence-electron chi connectivity index (χ2n) is 8.60. The number of aldehydes is 2. The summed E-state index contributed by atoms with van der Waals surface area (Å²) in [6.07, 6.45) is 4.92.